The molecule has 0 aliphatic heterocycles. The number of hydrogen-bond donors (Lipinski definition) is 0. The lowest BCUT2D eigenvalue weighted by molar-refractivity contribution is 0.0735. The Labute approximate surface area is 102 Å². The highest BCUT2D eigenvalue weighted by molar-refractivity contribution is 9.10. The molecule has 0 fully saturated rings. The van der Waals surface area contributed by atoms with Crippen LogP contribution in [0.15, 0.2) is 53.0 Å². The molecule has 2 aromatic rings. The first-order chi connectivity index (χ1) is 7.75. The second-order valence-electron chi connectivity index (χ2n) is 3.13. The second kappa shape index (κ2) is 4.94. The van der Waals surface area contributed by atoms with Crippen molar-refractivity contribution in [3.05, 3.63) is 64.6 Å². The van der Waals surface area contributed by atoms with Crippen LogP contribution in [-0.2, 0) is 0 Å². The molecule has 16 heavy (non-hydrogen) atoms. The molecule has 0 aromatic heterocycles. The van der Waals surface area contributed by atoms with Gasteiger partial charge in [0.2, 0.25) is 0 Å². The predicted molar refractivity (Wildman–Crippen MR) is 64.4 cm³/mol. The van der Waals surface area contributed by atoms with Gasteiger partial charge in [0.15, 0.2) is 0 Å². The van der Waals surface area contributed by atoms with E-state index in [2.05, 4.69) is 22.0 Å². The van der Waals surface area contributed by atoms with E-state index < -0.39 is 0 Å². The third-order valence-electron chi connectivity index (χ3n) is 1.98. The second-order valence-corrected chi connectivity index (χ2v) is 4.05. The predicted octanol–water partition coefficient (Wildman–Crippen LogP) is 3.47. The molecule has 0 unspecified atom stereocenters. The van der Waals surface area contributed by atoms with Crippen LogP contribution in [0.3, 0.4) is 0 Å². The van der Waals surface area contributed by atoms with Crippen molar-refractivity contribution in [3.63, 3.8) is 0 Å². The Hall–Kier alpha value is -1.61. The fraction of sp³-hybridized carbons (Fsp3) is 0. The Morgan fingerprint density at radius 3 is 2.31 bits per heavy atom. The van der Waals surface area contributed by atoms with E-state index in [1.807, 2.05) is 0 Å². The summed E-state index contributed by atoms with van der Waals surface area (Å²) >= 11 is 3.31. The minimum absolute atomic E-state index is 0.362. The minimum atomic E-state index is -0.362. The quantitative estimate of drug-likeness (QED) is 0.620. The van der Waals surface area contributed by atoms with Crippen LogP contribution in [-0.4, -0.2) is 5.97 Å². The highest BCUT2D eigenvalue weighted by Gasteiger charge is 2.07. The monoisotopic (exact) mass is 275 g/mol. The SMILES string of the molecule is O=C(Oc1cc[c]cc1)c1ccc(Br)cc1. The largest absolute Gasteiger partial charge is 0.423 e. The van der Waals surface area contributed by atoms with E-state index in [1.165, 1.54) is 0 Å². The standard InChI is InChI=1S/C13H8BrO2/c14-11-8-6-10(7-9-11)13(15)16-12-4-2-1-3-5-12/h2-9H. The Balaban J connectivity index is 2.12. The Kier molecular flexibility index (Phi) is 3.37. The number of esters is 1. The summed E-state index contributed by atoms with van der Waals surface area (Å²) in [6.45, 7) is 0. The van der Waals surface area contributed by atoms with Gasteiger partial charge in [-0.15, -0.1) is 0 Å². The fourth-order valence-corrected chi connectivity index (χ4v) is 1.46. The highest BCUT2D eigenvalue weighted by atomic mass is 79.9. The van der Waals surface area contributed by atoms with Crippen LogP contribution in [0.4, 0.5) is 0 Å². The molecule has 2 aromatic carbocycles. The molecule has 2 nitrogen and oxygen atoms in total. The van der Waals surface area contributed by atoms with Crippen LogP contribution in [0.2, 0.25) is 0 Å². The van der Waals surface area contributed by atoms with Crippen molar-refractivity contribution in [2.24, 2.45) is 0 Å². The van der Waals surface area contributed by atoms with Crippen LogP contribution >= 0.6 is 15.9 Å². The summed E-state index contributed by atoms with van der Waals surface area (Å²) in [5, 5.41) is 0. The molecule has 0 bridgehead atoms. The molecular weight excluding hydrogens is 268 g/mol. The van der Waals surface area contributed by atoms with Gasteiger partial charge in [-0.3, -0.25) is 0 Å². The van der Waals surface area contributed by atoms with Gasteiger partial charge in [0.05, 0.1) is 5.56 Å². The molecule has 0 saturated carbocycles. The summed E-state index contributed by atoms with van der Waals surface area (Å²) in [7, 11) is 0. The molecule has 0 atom stereocenters. The number of carbonyl (C=O) groups excluding carboxylic acids is 1. The number of carbonyl (C=O) groups is 1. The van der Waals surface area contributed by atoms with Crippen molar-refractivity contribution in [1.82, 2.24) is 0 Å². The molecule has 0 N–H and O–H groups in total. The number of benzene rings is 2. The molecular formula is C13H8BrO2. The van der Waals surface area contributed by atoms with E-state index >= 15 is 0 Å². The molecule has 0 spiro atoms. The van der Waals surface area contributed by atoms with E-state index in [4.69, 9.17) is 4.74 Å². The summed E-state index contributed by atoms with van der Waals surface area (Å²) in [6, 6.07) is 16.7. The lowest BCUT2D eigenvalue weighted by atomic mass is 10.2. The van der Waals surface area contributed by atoms with Gasteiger partial charge in [-0.2, -0.15) is 0 Å². The summed E-state index contributed by atoms with van der Waals surface area (Å²) in [4.78, 5) is 11.7. The molecule has 3 heteroatoms. The van der Waals surface area contributed by atoms with Gasteiger partial charge in [-0.25, -0.2) is 4.79 Å². The van der Waals surface area contributed by atoms with Crippen molar-refractivity contribution in [3.8, 4) is 5.75 Å². The molecule has 79 valence electrons. The maximum Gasteiger partial charge on any atom is 0.343 e. The van der Waals surface area contributed by atoms with Crippen molar-refractivity contribution in [1.29, 1.82) is 0 Å². The molecule has 0 saturated heterocycles. The van der Waals surface area contributed by atoms with Gasteiger partial charge < -0.3 is 4.74 Å². The third-order valence-corrected chi connectivity index (χ3v) is 2.51. The van der Waals surface area contributed by atoms with Crippen molar-refractivity contribution < 1.29 is 9.53 Å². The maximum atomic E-state index is 11.7. The summed E-state index contributed by atoms with van der Waals surface area (Å²) in [5.41, 5.74) is 0.524. The Bertz CT molecular complexity index is 477. The number of ether oxygens (including phenoxy) is 1. The molecule has 2 rings (SSSR count). The minimum Gasteiger partial charge on any atom is -0.423 e. The highest BCUT2D eigenvalue weighted by Crippen LogP contribution is 2.14. The molecule has 0 heterocycles. The summed E-state index contributed by atoms with van der Waals surface area (Å²) in [5.74, 6) is 0.158. The summed E-state index contributed by atoms with van der Waals surface area (Å²) in [6.07, 6.45) is 0. The maximum absolute atomic E-state index is 11.7. The fourth-order valence-electron chi connectivity index (χ4n) is 1.19. The third kappa shape index (κ3) is 2.70. The molecule has 0 aliphatic rings. The van der Waals surface area contributed by atoms with Crippen LogP contribution in [0, 0.1) is 6.07 Å². The van der Waals surface area contributed by atoms with Crippen LogP contribution < -0.4 is 4.74 Å². The molecule has 0 amide bonds. The zero-order chi connectivity index (χ0) is 11.4. The van der Waals surface area contributed by atoms with Gasteiger partial charge in [-0.1, -0.05) is 28.1 Å². The topological polar surface area (TPSA) is 26.3 Å². The Morgan fingerprint density at radius 1 is 1.06 bits per heavy atom. The van der Waals surface area contributed by atoms with E-state index in [0.29, 0.717) is 11.3 Å². The van der Waals surface area contributed by atoms with Crippen LogP contribution in [0.1, 0.15) is 10.4 Å². The van der Waals surface area contributed by atoms with Crippen molar-refractivity contribution in [2.45, 2.75) is 0 Å². The lowest BCUT2D eigenvalue weighted by Crippen LogP contribution is -2.07. The number of halogens is 1. The summed E-state index contributed by atoms with van der Waals surface area (Å²) < 4.78 is 6.10. The van der Waals surface area contributed by atoms with Crippen LogP contribution in [0.25, 0.3) is 0 Å². The van der Waals surface area contributed by atoms with Gasteiger partial charge in [0.1, 0.15) is 5.75 Å². The Morgan fingerprint density at radius 2 is 1.69 bits per heavy atom. The zero-order valence-electron chi connectivity index (χ0n) is 8.31. The van der Waals surface area contributed by atoms with Crippen molar-refractivity contribution >= 4 is 21.9 Å². The zero-order valence-corrected chi connectivity index (χ0v) is 9.90. The first-order valence-electron chi connectivity index (χ1n) is 4.69. The van der Waals surface area contributed by atoms with Crippen LogP contribution in [0.5, 0.6) is 5.75 Å². The van der Waals surface area contributed by atoms with Gasteiger partial charge >= 0.3 is 5.97 Å². The van der Waals surface area contributed by atoms with E-state index in [1.54, 1.807) is 48.5 Å². The van der Waals surface area contributed by atoms with Crippen molar-refractivity contribution in [2.75, 3.05) is 0 Å². The van der Waals surface area contributed by atoms with Gasteiger partial charge in [0, 0.05) is 4.47 Å². The molecule has 0 aliphatic carbocycles. The van der Waals surface area contributed by atoms with E-state index in [-0.39, 0.29) is 5.97 Å². The first kappa shape index (κ1) is 10.9. The first-order valence-corrected chi connectivity index (χ1v) is 5.49. The van der Waals surface area contributed by atoms with E-state index in [0.717, 1.165) is 4.47 Å². The van der Waals surface area contributed by atoms with E-state index in [9.17, 15) is 4.79 Å². The van der Waals surface area contributed by atoms with Gasteiger partial charge in [0.25, 0.3) is 0 Å². The average molecular weight is 276 g/mol. The number of hydrogen-bond acceptors (Lipinski definition) is 2. The number of rotatable bonds is 2. The average Bonchev–Trinajstić information content (AvgIpc) is 2.31. The molecule has 1 radical (unpaired) electrons. The van der Waals surface area contributed by atoms with Gasteiger partial charge in [-0.05, 0) is 42.5 Å². The normalized spacial score (nSPS) is 9.81. The lowest BCUT2D eigenvalue weighted by Gasteiger charge is -2.03. The smallest absolute Gasteiger partial charge is 0.343 e.